The van der Waals surface area contributed by atoms with Gasteiger partial charge in [-0.2, -0.15) is 0 Å². The molecule has 0 aromatic heterocycles. The van der Waals surface area contributed by atoms with Crippen molar-refractivity contribution in [1.82, 2.24) is 10.6 Å². The normalized spacial score (nSPS) is 33.2. The molecule has 5 nitrogen and oxygen atoms in total. The van der Waals surface area contributed by atoms with Gasteiger partial charge >= 0.3 is 0 Å². The predicted octanol–water partition coefficient (Wildman–Crippen LogP) is 1.89. The number of nitrogens with zero attached hydrogens (tertiary/aromatic N) is 1. The van der Waals surface area contributed by atoms with Crippen LogP contribution >= 0.6 is 24.0 Å². The van der Waals surface area contributed by atoms with Crippen molar-refractivity contribution in [2.75, 3.05) is 20.7 Å². The fourth-order valence-corrected chi connectivity index (χ4v) is 3.09. The maximum atomic E-state index is 10.1. The number of aliphatic hydroxyl groups is 1. The number of aliphatic imine (C=N–C) groups is 1. The first kappa shape index (κ1) is 19.0. The fourth-order valence-electron chi connectivity index (χ4n) is 3.09. The molecule has 0 aromatic rings. The average molecular weight is 411 g/mol. The van der Waals surface area contributed by atoms with Crippen LogP contribution in [0.3, 0.4) is 0 Å². The molecule has 3 N–H and O–H groups in total. The number of methoxy groups -OCH3 is 1. The molecule has 2 fully saturated rings. The molecule has 2 atom stereocenters. The standard InChI is InChI=1S/C15H29N3O2.HI/c1-13(2)11(9-14(13,3)20-5)18-12(16-4)17-10-15(19)7-6-8-15;/h11,19H,6-10H2,1-5H3,(H2,16,17,18);1H. The van der Waals surface area contributed by atoms with Gasteiger partial charge < -0.3 is 20.5 Å². The highest BCUT2D eigenvalue weighted by Crippen LogP contribution is 2.51. The topological polar surface area (TPSA) is 65.9 Å². The van der Waals surface area contributed by atoms with Gasteiger partial charge in [0.2, 0.25) is 0 Å². The fraction of sp³-hybridized carbons (Fsp3) is 0.933. The predicted molar refractivity (Wildman–Crippen MR) is 96.3 cm³/mol. The number of hydrogen-bond donors (Lipinski definition) is 3. The Labute approximate surface area is 145 Å². The molecule has 0 heterocycles. The van der Waals surface area contributed by atoms with Gasteiger partial charge in [-0.05, 0) is 32.6 Å². The van der Waals surface area contributed by atoms with Crippen molar-refractivity contribution in [2.24, 2.45) is 10.4 Å². The monoisotopic (exact) mass is 411 g/mol. The summed E-state index contributed by atoms with van der Waals surface area (Å²) in [6.07, 6.45) is 3.84. The largest absolute Gasteiger partial charge is 0.388 e. The van der Waals surface area contributed by atoms with E-state index in [-0.39, 0.29) is 35.0 Å². The molecule has 0 aromatic carbocycles. The summed E-state index contributed by atoms with van der Waals surface area (Å²) >= 11 is 0. The summed E-state index contributed by atoms with van der Waals surface area (Å²) in [4.78, 5) is 4.25. The summed E-state index contributed by atoms with van der Waals surface area (Å²) in [7, 11) is 3.54. The first-order valence-corrected chi connectivity index (χ1v) is 7.51. The van der Waals surface area contributed by atoms with Gasteiger partial charge in [0.25, 0.3) is 0 Å². The summed E-state index contributed by atoms with van der Waals surface area (Å²) in [5.74, 6) is 0.765. The van der Waals surface area contributed by atoms with Gasteiger partial charge in [0.05, 0.1) is 11.2 Å². The number of ether oxygens (including phenoxy) is 1. The third-order valence-corrected chi connectivity index (χ3v) is 5.68. The Bertz CT molecular complexity index is 396. The highest BCUT2D eigenvalue weighted by atomic mass is 127. The maximum absolute atomic E-state index is 10.1. The molecule has 2 unspecified atom stereocenters. The molecule has 0 aliphatic heterocycles. The molecule has 2 rings (SSSR count). The van der Waals surface area contributed by atoms with Gasteiger partial charge in [0.1, 0.15) is 0 Å². The van der Waals surface area contributed by atoms with Gasteiger partial charge in [0.15, 0.2) is 5.96 Å². The van der Waals surface area contributed by atoms with E-state index in [1.54, 1.807) is 14.2 Å². The lowest BCUT2D eigenvalue weighted by atomic mass is 9.56. The minimum absolute atomic E-state index is 0. The molecule has 2 saturated carbocycles. The highest BCUT2D eigenvalue weighted by Gasteiger charge is 2.58. The van der Waals surface area contributed by atoms with Gasteiger partial charge in [0, 0.05) is 32.2 Å². The second kappa shape index (κ2) is 6.58. The van der Waals surface area contributed by atoms with Gasteiger partial charge in [-0.3, -0.25) is 4.99 Å². The first-order chi connectivity index (χ1) is 9.26. The van der Waals surface area contributed by atoms with Gasteiger partial charge in [-0.1, -0.05) is 13.8 Å². The highest BCUT2D eigenvalue weighted by molar-refractivity contribution is 14.0. The molecule has 0 radical (unpaired) electrons. The second-order valence-corrected chi connectivity index (χ2v) is 7.06. The molecule has 2 aliphatic rings. The molecular formula is C15H30IN3O2. The van der Waals surface area contributed by atoms with Crippen LogP contribution in [0.15, 0.2) is 4.99 Å². The molecule has 21 heavy (non-hydrogen) atoms. The van der Waals surface area contributed by atoms with Crippen molar-refractivity contribution in [3.8, 4) is 0 Å². The molecule has 0 spiro atoms. The lowest BCUT2D eigenvalue weighted by Gasteiger charge is -2.59. The summed E-state index contributed by atoms with van der Waals surface area (Å²) in [5.41, 5.74) is -0.573. The Morgan fingerprint density at radius 2 is 1.95 bits per heavy atom. The van der Waals surface area contributed by atoms with Crippen LogP contribution in [-0.4, -0.2) is 49.0 Å². The van der Waals surface area contributed by atoms with E-state index >= 15 is 0 Å². The van der Waals surface area contributed by atoms with E-state index in [2.05, 4.69) is 36.4 Å². The van der Waals surface area contributed by atoms with Gasteiger partial charge in [-0.25, -0.2) is 0 Å². The van der Waals surface area contributed by atoms with E-state index in [0.29, 0.717) is 12.6 Å². The molecule has 0 bridgehead atoms. The molecule has 6 heteroatoms. The van der Waals surface area contributed by atoms with Crippen LogP contribution in [0, 0.1) is 5.41 Å². The summed E-state index contributed by atoms with van der Waals surface area (Å²) in [6.45, 7) is 7.15. The van der Waals surface area contributed by atoms with Crippen LogP contribution in [0.1, 0.15) is 46.5 Å². The number of guanidine groups is 1. The minimum Gasteiger partial charge on any atom is -0.388 e. The van der Waals surface area contributed by atoms with Crippen LogP contribution in [0.2, 0.25) is 0 Å². The van der Waals surface area contributed by atoms with E-state index < -0.39 is 5.60 Å². The van der Waals surface area contributed by atoms with E-state index in [1.807, 2.05) is 0 Å². The zero-order chi connectivity index (χ0) is 15.0. The lowest BCUT2D eigenvalue weighted by Crippen LogP contribution is -2.69. The Morgan fingerprint density at radius 3 is 2.33 bits per heavy atom. The Hall–Kier alpha value is -0.0800. The molecule has 124 valence electrons. The Morgan fingerprint density at radius 1 is 1.33 bits per heavy atom. The lowest BCUT2D eigenvalue weighted by molar-refractivity contribution is -0.176. The number of hydrogen-bond acceptors (Lipinski definition) is 3. The smallest absolute Gasteiger partial charge is 0.191 e. The third-order valence-electron chi connectivity index (χ3n) is 5.68. The van der Waals surface area contributed by atoms with Crippen LogP contribution in [0.4, 0.5) is 0 Å². The van der Waals surface area contributed by atoms with E-state index in [4.69, 9.17) is 4.74 Å². The number of nitrogens with one attached hydrogen (secondary N) is 2. The van der Waals surface area contributed by atoms with Crippen molar-refractivity contribution in [3.05, 3.63) is 0 Å². The van der Waals surface area contributed by atoms with Crippen molar-refractivity contribution < 1.29 is 9.84 Å². The average Bonchev–Trinajstić information content (AvgIpc) is 2.39. The van der Waals surface area contributed by atoms with Crippen LogP contribution in [-0.2, 0) is 4.74 Å². The second-order valence-electron chi connectivity index (χ2n) is 7.06. The minimum atomic E-state index is -0.534. The molecular weight excluding hydrogens is 381 g/mol. The number of halogens is 1. The summed E-state index contributed by atoms with van der Waals surface area (Å²) in [5, 5.41) is 16.8. The van der Waals surface area contributed by atoms with Crippen molar-refractivity contribution >= 4 is 29.9 Å². The Balaban J connectivity index is 0.00000220. The molecule has 0 saturated heterocycles. The molecule has 0 amide bonds. The zero-order valence-electron chi connectivity index (χ0n) is 13.8. The van der Waals surface area contributed by atoms with E-state index in [1.165, 1.54) is 0 Å². The summed E-state index contributed by atoms with van der Waals surface area (Å²) in [6, 6.07) is 0.328. The molecule has 2 aliphatic carbocycles. The SMILES string of the molecule is CN=C(NCC1(O)CCC1)NC1CC(C)(OC)C1(C)C.I. The van der Waals surface area contributed by atoms with Crippen molar-refractivity contribution in [2.45, 2.75) is 63.7 Å². The van der Waals surface area contributed by atoms with Crippen molar-refractivity contribution in [1.29, 1.82) is 0 Å². The van der Waals surface area contributed by atoms with Crippen LogP contribution < -0.4 is 10.6 Å². The van der Waals surface area contributed by atoms with E-state index in [0.717, 1.165) is 31.6 Å². The Kier molecular flexibility index (Phi) is 5.94. The number of rotatable bonds is 4. The van der Waals surface area contributed by atoms with Crippen molar-refractivity contribution in [3.63, 3.8) is 0 Å². The third kappa shape index (κ3) is 3.47. The van der Waals surface area contributed by atoms with Gasteiger partial charge in [-0.15, -0.1) is 24.0 Å². The van der Waals surface area contributed by atoms with E-state index in [9.17, 15) is 5.11 Å². The summed E-state index contributed by atoms with van der Waals surface area (Å²) < 4.78 is 5.63. The zero-order valence-corrected chi connectivity index (χ0v) is 16.2. The van der Waals surface area contributed by atoms with Crippen LogP contribution in [0.25, 0.3) is 0 Å². The maximum Gasteiger partial charge on any atom is 0.191 e. The van der Waals surface area contributed by atoms with Crippen LogP contribution in [0.5, 0.6) is 0 Å². The quantitative estimate of drug-likeness (QED) is 0.376. The first-order valence-electron chi connectivity index (χ1n) is 7.51.